The molecule has 39 heavy (non-hydrogen) atoms. The van der Waals surface area contributed by atoms with Crippen LogP contribution in [-0.4, -0.2) is 59.5 Å². The summed E-state index contributed by atoms with van der Waals surface area (Å²) in [6, 6.07) is 8.08. The molecule has 0 spiro atoms. The first kappa shape index (κ1) is 27.7. The molecule has 1 aliphatic rings. The number of carbonyl (C=O) groups excluding carboxylic acids is 1. The SMILES string of the molecule is CCN1C(=O)N(c2c(F)cc(NCCN[C@H](CO)C(=O)O)cc2F)c2cc(C#N)ccc2-c2cc(Cl)cnc21. The number of hydrogen-bond donors (Lipinski definition) is 4. The third-order valence-corrected chi connectivity index (χ3v) is 6.26. The molecular formula is C26H23ClF2N6O4. The molecule has 0 fully saturated rings. The lowest BCUT2D eigenvalue weighted by Crippen LogP contribution is -2.42. The fourth-order valence-corrected chi connectivity index (χ4v) is 4.40. The molecule has 0 bridgehead atoms. The fourth-order valence-electron chi connectivity index (χ4n) is 4.24. The molecule has 0 radical (unpaired) electrons. The maximum absolute atomic E-state index is 15.6. The number of nitrogens with one attached hydrogen (secondary N) is 2. The van der Waals surface area contributed by atoms with Crippen LogP contribution in [0.2, 0.25) is 5.02 Å². The number of aliphatic carboxylic acids is 1. The van der Waals surface area contributed by atoms with Gasteiger partial charge >= 0.3 is 12.0 Å². The van der Waals surface area contributed by atoms with Crippen LogP contribution in [0, 0.1) is 23.0 Å². The van der Waals surface area contributed by atoms with Crippen molar-refractivity contribution in [2.24, 2.45) is 0 Å². The van der Waals surface area contributed by atoms with Crippen molar-refractivity contribution in [1.82, 2.24) is 10.3 Å². The van der Waals surface area contributed by atoms with Gasteiger partial charge in [0.1, 0.15) is 17.5 Å². The number of urea groups is 1. The summed E-state index contributed by atoms with van der Waals surface area (Å²) in [5, 5.41) is 33.2. The molecule has 202 valence electrons. The first-order chi connectivity index (χ1) is 18.7. The van der Waals surface area contributed by atoms with Crippen molar-refractivity contribution in [2.75, 3.05) is 41.4 Å². The smallest absolute Gasteiger partial charge is 0.334 e. The average Bonchev–Trinajstić information content (AvgIpc) is 3.00. The van der Waals surface area contributed by atoms with E-state index in [9.17, 15) is 14.9 Å². The lowest BCUT2D eigenvalue weighted by atomic mass is 10.0. The largest absolute Gasteiger partial charge is 0.480 e. The predicted octanol–water partition coefficient (Wildman–Crippen LogP) is 4.10. The quantitative estimate of drug-likeness (QED) is 0.289. The molecule has 1 atom stereocenters. The molecular weight excluding hydrogens is 534 g/mol. The van der Waals surface area contributed by atoms with Crippen molar-refractivity contribution in [2.45, 2.75) is 13.0 Å². The number of aliphatic hydroxyl groups is 1. The Morgan fingerprint density at radius 1 is 1.18 bits per heavy atom. The summed E-state index contributed by atoms with van der Waals surface area (Å²) >= 11 is 6.19. The highest BCUT2D eigenvalue weighted by Gasteiger charge is 2.36. The van der Waals surface area contributed by atoms with E-state index in [0.29, 0.717) is 11.1 Å². The molecule has 4 N–H and O–H groups in total. The molecule has 13 heteroatoms. The molecule has 4 rings (SSSR count). The van der Waals surface area contributed by atoms with Crippen LogP contribution in [0.15, 0.2) is 42.6 Å². The lowest BCUT2D eigenvalue weighted by Gasteiger charge is -2.28. The van der Waals surface area contributed by atoms with Gasteiger partial charge in [-0.15, -0.1) is 0 Å². The molecule has 0 saturated carbocycles. The first-order valence-electron chi connectivity index (χ1n) is 11.8. The Hall–Kier alpha value is -4.31. The second-order valence-corrected chi connectivity index (χ2v) is 8.91. The first-order valence-corrected chi connectivity index (χ1v) is 12.2. The van der Waals surface area contributed by atoms with E-state index in [-0.39, 0.29) is 47.4 Å². The molecule has 2 aromatic carbocycles. The Morgan fingerprint density at radius 2 is 1.90 bits per heavy atom. The van der Waals surface area contributed by atoms with Gasteiger partial charge in [0.2, 0.25) is 0 Å². The number of benzene rings is 2. The van der Waals surface area contributed by atoms with Crippen LogP contribution in [0.1, 0.15) is 12.5 Å². The number of carboxylic acids is 1. The van der Waals surface area contributed by atoms with Crippen LogP contribution in [0.5, 0.6) is 0 Å². The zero-order valence-electron chi connectivity index (χ0n) is 20.6. The summed E-state index contributed by atoms with van der Waals surface area (Å²) in [4.78, 5) is 31.2. The van der Waals surface area contributed by atoms with E-state index in [1.165, 1.54) is 23.2 Å². The summed E-state index contributed by atoms with van der Waals surface area (Å²) in [6.45, 7) is 1.36. The number of aliphatic hydroxyl groups excluding tert-OH is 1. The molecule has 0 aliphatic carbocycles. The highest BCUT2D eigenvalue weighted by Crippen LogP contribution is 2.45. The summed E-state index contributed by atoms with van der Waals surface area (Å²) in [5.74, 6) is -3.10. The van der Waals surface area contributed by atoms with E-state index >= 15 is 8.78 Å². The van der Waals surface area contributed by atoms with Crippen LogP contribution in [0.25, 0.3) is 11.1 Å². The zero-order valence-corrected chi connectivity index (χ0v) is 21.3. The number of carbonyl (C=O) groups is 2. The molecule has 1 aliphatic heterocycles. The van der Waals surface area contributed by atoms with Crippen molar-refractivity contribution < 1.29 is 28.6 Å². The highest BCUT2D eigenvalue weighted by atomic mass is 35.5. The topological polar surface area (TPSA) is 142 Å². The van der Waals surface area contributed by atoms with Gasteiger partial charge in [-0.1, -0.05) is 17.7 Å². The Balaban J connectivity index is 1.75. The highest BCUT2D eigenvalue weighted by molar-refractivity contribution is 6.31. The van der Waals surface area contributed by atoms with E-state index in [2.05, 4.69) is 15.6 Å². The van der Waals surface area contributed by atoms with Gasteiger partial charge in [-0.3, -0.25) is 14.6 Å². The van der Waals surface area contributed by atoms with Gasteiger partial charge in [-0.2, -0.15) is 5.26 Å². The molecule has 2 amide bonds. The van der Waals surface area contributed by atoms with Gasteiger partial charge in [-0.25, -0.2) is 18.6 Å². The average molecular weight is 557 g/mol. The van der Waals surface area contributed by atoms with E-state index in [4.69, 9.17) is 21.8 Å². The zero-order chi connectivity index (χ0) is 28.3. The molecule has 1 aromatic heterocycles. The number of hydrogen-bond acceptors (Lipinski definition) is 7. The number of carboxylic acid groups (broad SMARTS) is 1. The van der Waals surface area contributed by atoms with Gasteiger partial charge in [0, 0.05) is 42.6 Å². The summed E-state index contributed by atoms with van der Waals surface area (Å²) in [6.07, 6.45) is 1.37. The van der Waals surface area contributed by atoms with E-state index in [0.717, 1.165) is 17.0 Å². The fraction of sp³-hybridized carbons (Fsp3) is 0.231. The minimum absolute atomic E-state index is 0.0452. The number of pyridine rings is 1. The van der Waals surface area contributed by atoms with Crippen molar-refractivity contribution in [1.29, 1.82) is 5.26 Å². The second kappa shape index (κ2) is 11.6. The van der Waals surface area contributed by atoms with Crippen LogP contribution >= 0.6 is 11.6 Å². The monoisotopic (exact) mass is 556 g/mol. The number of nitrogens with zero attached hydrogens (tertiary/aromatic N) is 4. The van der Waals surface area contributed by atoms with Crippen molar-refractivity contribution in [3.05, 3.63) is 64.8 Å². The van der Waals surface area contributed by atoms with Gasteiger partial charge < -0.3 is 20.8 Å². The van der Waals surface area contributed by atoms with Gasteiger partial charge in [0.25, 0.3) is 0 Å². The molecule has 2 heterocycles. The molecule has 3 aromatic rings. The summed E-state index contributed by atoms with van der Waals surface area (Å²) in [5.41, 5.74) is 0.488. The van der Waals surface area contributed by atoms with E-state index < -0.39 is 42.0 Å². The number of aromatic nitrogens is 1. The Bertz CT molecular complexity index is 1460. The van der Waals surface area contributed by atoms with Crippen LogP contribution in [0.3, 0.4) is 0 Å². The summed E-state index contributed by atoms with van der Waals surface area (Å²) < 4.78 is 31.2. The molecule has 10 nitrogen and oxygen atoms in total. The lowest BCUT2D eigenvalue weighted by molar-refractivity contribution is -0.140. The van der Waals surface area contributed by atoms with Gasteiger partial charge in [0.15, 0.2) is 11.6 Å². The summed E-state index contributed by atoms with van der Waals surface area (Å²) in [7, 11) is 0. The standard InChI is InChI=1S/C26H23ClF2N6O4/c1-2-34-24-18(8-15(27)12-33-24)17-4-3-14(11-30)7-22(17)35(26(34)39)23-19(28)9-16(10-20(23)29)31-5-6-32-21(13-36)25(37)38/h3-4,7-10,12,21,31-32,36H,2,5-6,13H2,1H3,(H,37,38)/t21-/m1/s1. The van der Waals surface area contributed by atoms with Crippen LogP contribution in [-0.2, 0) is 4.79 Å². The minimum Gasteiger partial charge on any atom is -0.480 e. The van der Waals surface area contributed by atoms with E-state index in [1.54, 1.807) is 19.1 Å². The molecule has 0 unspecified atom stereocenters. The van der Waals surface area contributed by atoms with Crippen molar-refractivity contribution in [3.63, 3.8) is 0 Å². The van der Waals surface area contributed by atoms with Gasteiger partial charge in [0.05, 0.1) is 28.9 Å². The number of rotatable bonds is 9. The van der Waals surface area contributed by atoms with Crippen molar-refractivity contribution in [3.8, 4) is 17.2 Å². The van der Waals surface area contributed by atoms with Crippen LogP contribution in [0.4, 0.5) is 36.5 Å². The third kappa shape index (κ3) is 5.46. The van der Waals surface area contributed by atoms with Gasteiger partial charge in [-0.05, 0) is 37.3 Å². The normalized spacial score (nSPS) is 13.3. The third-order valence-electron chi connectivity index (χ3n) is 6.05. The van der Waals surface area contributed by atoms with Crippen molar-refractivity contribution >= 4 is 46.5 Å². The second-order valence-electron chi connectivity index (χ2n) is 8.47. The molecule has 0 saturated heterocycles. The Morgan fingerprint density at radius 3 is 2.51 bits per heavy atom. The Kier molecular flexibility index (Phi) is 8.25. The maximum atomic E-state index is 15.6. The number of halogens is 3. The number of nitriles is 1. The minimum atomic E-state index is -1.23. The number of amides is 2. The van der Waals surface area contributed by atoms with E-state index in [1.807, 2.05) is 6.07 Å². The maximum Gasteiger partial charge on any atom is 0.334 e. The number of anilines is 4. The predicted molar refractivity (Wildman–Crippen MR) is 141 cm³/mol. The number of fused-ring (bicyclic) bond motifs is 3. The Labute approximate surface area is 227 Å². The van der Waals surface area contributed by atoms with Crippen LogP contribution < -0.4 is 20.4 Å².